The van der Waals surface area contributed by atoms with Gasteiger partial charge in [0.05, 0.1) is 14.2 Å². The molecule has 1 aliphatic rings. The summed E-state index contributed by atoms with van der Waals surface area (Å²) in [6.45, 7) is 3.34. The Kier molecular flexibility index (Phi) is 5.05. The lowest BCUT2D eigenvalue weighted by atomic mass is 10.1. The molecule has 1 heterocycles. The molecule has 5 heteroatoms. The number of hydrogen-bond acceptors (Lipinski definition) is 4. The van der Waals surface area contributed by atoms with E-state index in [1.807, 2.05) is 19.1 Å². The predicted molar refractivity (Wildman–Crippen MR) is 83.7 cm³/mol. The zero-order valence-corrected chi connectivity index (χ0v) is 13.2. The summed E-state index contributed by atoms with van der Waals surface area (Å²) >= 11 is 0. The van der Waals surface area contributed by atoms with Crippen LogP contribution in [0.2, 0.25) is 0 Å². The molecular formula is C17H20N2O3. The molecule has 2 rings (SSSR count). The third-order valence-electron chi connectivity index (χ3n) is 3.79. The number of nitrogens with zero attached hydrogens (tertiary/aromatic N) is 2. The van der Waals surface area contributed by atoms with E-state index in [2.05, 4.69) is 0 Å². The van der Waals surface area contributed by atoms with E-state index in [0.717, 1.165) is 18.4 Å². The number of nitriles is 1. The second-order valence-corrected chi connectivity index (χ2v) is 5.23. The van der Waals surface area contributed by atoms with Gasteiger partial charge in [-0.15, -0.1) is 0 Å². The van der Waals surface area contributed by atoms with Gasteiger partial charge in [-0.1, -0.05) is 0 Å². The van der Waals surface area contributed by atoms with Gasteiger partial charge in [0, 0.05) is 18.7 Å². The Labute approximate surface area is 130 Å². The van der Waals surface area contributed by atoms with E-state index in [0.29, 0.717) is 30.2 Å². The van der Waals surface area contributed by atoms with Crippen molar-refractivity contribution < 1.29 is 14.3 Å². The largest absolute Gasteiger partial charge is 0.496 e. The summed E-state index contributed by atoms with van der Waals surface area (Å²) in [5, 5.41) is 9.32. The van der Waals surface area contributed by atoms with Crippen molar-refractivity contribution in [3.8, 4) is 17.6 Å². The van der Waals surface area contributed by atoms with Crippen LogP contribution < -0.4 is 9.47 Å². The lowest BCUT2D eigenvalue weighted by Crippen LogP contribution is -2.28. The summed E-state index contributed by atoms with van der Waals surface area (Å²) < 4.78 is 10.6. The van der Waals surface area contributed by atoms with E-state index in [9.17, 15) is 10.1 Å². The number of aryl methyl sites for hydroxylation is 1. The molecule has 0 bridgehead atoms. The average molecular weight is 300 g/mol. The van der Waals surface area contributed by atoms with Gasteiger partial charge in [-0.3, -0.25) is 4.79 Å². The average Bonchev–Trinajstić information content (AvgIpc) is 3.07. The smallest absolute Gasteiger partial charge is 0.264 e. The fourth-order valence-electron chi connectivity index (χ4n) is 2.57. The lowest BCUT2D eigenvalue weighted by molar-refractivity contribution is -0.125. The number of ether oxygens (including phenoxy) is 2. The molecule has 0 saturated carbocycles. The zero-order chi connectivity index (χ0) is 16.1. The van der Waals surface area contributed by atoms with E-state index in [-0.39, 0.29) is 11.5 Å². The highest BCUT2D eigenvalue weighted by molar-refractivity contribution is 6.02. The molecule has 116 valence electrons. The normalized spacial score (nSPS) is 14.6. The van der Waals surface area contributed by atoms with E-state index in [1.54, 1.807) is 31.3 Å². The number of benzene rings is 1. The maximum Gasteiger partial charge on any atom is 0.264 e. The zero-order valence-electron chi connectivity index (χ0n) is 13.2. The Balaban J connectivity index is 2.40. The summed E-state index contributed by atoms with van der Waals surface area (Å²) in [5.41, 5.74) is 1.71. The fraction of sp³-hybridized carbons (Fsp3) is 0.412. The van der Waals surface area contributed by atoms with Gasteiger partial charge in [0.25, 0.3) is 5.91 Å². The molecule has 0 aliphatic carbocycles. The van der Waals surface area contributed by atoms with Crippen molar-refractivity contribution in [2.45, 2.75) is 19.8 Å². The standard InChI is InChI=1S/C17H20N2O3/c1-12-8-16(22-3)13(10-15(12)21-2)9-14(11-18)17(20)19-6-4-5-7-19/h8-10H,4-7H2,1-3H3/b14-9+. The highest BCUT2D eigenvalue weighted by Crippen LogP contribution is 2.30. The van der Waals surface area contributed by atoms with Crippen LogP contribution in [0.25, 0.3) is 6.08 Å². The van der Waals surface area contributed by atoms with Gasteiger partial charge in [0.15, 0.2) is 0 Å². The Morgan fingerprint density at radius 2 is 1.86 bits per heavy atom. The van der Waals surface area contributed by atoms with Crippen molar-refractivity contribution in [2.75, 3.05) is 27.3 Å². The number of rotatable bonds is 4. The van der Waals surface area contributed by atoms with Gasteiger partial charge in [0.1, 0.15) is 23.1 Å². The molecule has 0 aromatic heterocycles. The summed E-state index contributed by atoms with van der Waals surface area (Å²) in [7, 11) is 3.15. The Bertz CT molecular complexity index is 638. The topological polar surface area (TPSA) is 62.6 Å². The number of carbonyl (C=O) groups excluding carboxylic acids is 1. The SMILES string of the molecule is COc1cc(/C=C(\C#N)C(=O)N2CCCC2)c(OC)cc1C. The lowest BCUT2D eigenvalue weighted by Gasteiger charge is -2.15. The molecule has 1 aromatic rings. The van der Waals surface area contributed by atoms with Crippen molar-refractivity contribution in [1.82, 2.24) is 4.90 Å². The van der Waals surface area contributed by atoms with Gasteiger partial charge in [-0.2, -0.15) is 5.26 Å². The third kappa shape index (κ3) is 3.22. The molecule has 1 saturated heterocycles. The van der Waals surface area contributed by atoms with Gasteiger partial charge >= 0.3 is 0 Å². The maximum absolute atomic E-state index is 12.4. The molecule has 1 aliphatic heterocycles. The number of methoxy groups -OCH3 is 2. The molecule has 5 nitrogen and oxygen atoms in total. The van der Waals surface area contributed by atoms with Crippen LogP contribution in [0.15, 0.2) is 17.7 Å². The number of amides is 1. The third-order valence-corrected chi connectivity index (χ3v) is 3.79. The van der Waals surface area contributed by atoms with Crippen molar-refractivity contribution in [1.29, 1.82) is 5.26 Å². The van der Waals surface area contributed by atoms with Crippen LogP contribution in [0.3, 0.4) is 0 Å². The van der Waals surface area contributed by atoms with Crippen molar-refractivity contribution in [3.05, 3.63) is 28.8 Å². The van der Waals surface area contributed by atoms with Crippen LogP contribution in [0.1, 0.15) is 24.0 Å². The minimum absolute atomic E-state index is 0.117. The first-order valence-corrected chi connectivity index (χ1v) is 7.24. The van der Waals surface area contributed by atoms with Gasteiger partial charge in [-0.25, -0.2) is 0 Å². The van der Waals surface area contributed by atoms with E-state index >= 15 is 0 Å². The van der Waals surface area contributed by atoms with Gasteiger partial charge in [-0.05, 0) is 43.5 Å². The second kappa shape index (κ2) is 6.99. The van der Waals surface area contributed by atoms with Crippen LogP contribution in [0, 0.1) is 18.3 Å². The molecule has 1 aromatic carbocycles. The molecule has 0 unspecified atom stereocenters. The predicted octanol–water partition coefficient (Wildman–Crippen LogP) is 2.54. The second-order valence-electron chi connectivity index (χ2n) is 5.23. The number of hydrogen-bond donors (Lipinski definition) is 0. The maximum atomic E-state index is 12.4. The van der Waals surface area contributed by atoms with E-state index in [4.69, 9.17) is 9.47 Å². The minimum atomic E-state index is -0.221. The highest BCUT2D eigenvalue weighted by atomic mass is 16.5. The van der Waals surface area contributed by atoms with Crippen LogP contribution in [0.4, 0.5) is 0 Å². The Morgan fingerprint density at radius 1 is 1.23 bits per heavy atom. The Morgan fingerprint density at radius 3 is 2.41 bits per heavy atom. The monoisotopic (exact) mass is 300 g/mol. The molecular weight excluding hydrogens is 280 g/mol. The molecule has 0 radical (unpaired) electrons. The van der Waals surface area contributed by atoms with Crippen molar-refractivity contribution in [3.63, 3.8) is 0 Å². The van der Waals surface area contributed by atoms with Crippen LogP contribution in [0.5, 0.6) is 11.5 Å². The quantitative estimate of drug-likeness (QED) is 0.633. The summed E-state index contributed by atoms with van der Waals surface area (Å²) in [6, 6.07) is 5.62. The minimum Gasteiger partial charge on any atom is -0.496 e. The first-order chi connectivity index (χ1) is 10.6. The molecule has 1 amide bonds. The summed E-state index contributed by atoms with van der Waals surface area (Å²) in [5.74, 6) is 1.08. The van der Waals surface area contributed by atoms with Crippen molar-refractivity contribution >= 4 is 12.0 Å². The van der Waals surface area contributed by atoms with Crippen molar-refractivity contribution in [2.24, 2.45) is 0 Å². The van der Waals surface area contributed by atoms with Crippen LogP contribution >= 0.6 is 0 Å². The highest BCUT2D eigenvalue weighted by Gasteiger charge is 2.22. The van der Waals surface area contributed by atoms with Gasteiger partial charge in [0.2, 0.25) is 0 Å². The van der Waals surface area contributed by atoms with Crippen LogP contribution in [-0.4, -0.2) is 38.1 Å². The number of likely N-dealkylation sites (tertiary alicyclic amines) is 1. The van der Waals surface area contributed by atoms with E-state index in [1.165, 1.54) is 0 Å². The molecule has 0 atom stereocenters. The van der Waals surface area contributed by atoms with Gasteiger partial charge < -0.3 is 14.4 Å². The van der Waals surface area contributed by atoms with Crippen LogP contribution in [-0.2, 0) is 4.79 Å². The fourth-order valence-corrected chi connectivity index (χ4v) is 2.57. The number of carbonyl (C=O) groups is 1. The van der Waals surface area contributed by atoms with E-state index < -0.39 is 0 Å². The molecule has 1 fully saturated rings. The molecule has 22 heavy (non-hydrogen) atoms. The molecule has 0 spiro atoms. The first-order valence-electron chi connectivity index (χ1n) is 7.24. The summed E-state index contributed by atoms with van der Waals surface area (Å²) in [6.07, 6.45) is 3.56. The molecule has 0 N–H and O–H groups in total. The summed E-state index contributed by atoms with van der Waals surface area (Å²) in [4.78, 5) is 14.1. The first kappa shape index (κ1) is 15.9. The Hall–Kier alpha value is -2.48.